The van der Waals surface area contributed by atoms with Gasteiger partial charge in [-0.1, -0.05) is 12.1 Å². The van der Waals surface area contributed by atoms with E-state index in [1.54, 1.807) is 0 Å². The van der Waals surface area contributed by atoms with Crippen molar-refractivity contribution >= 4 is 5.78 Å². The Kier molecular flexibility index (Phi) is 3.45. The highest BCUT2D eigenvalue weighted by molar-refractivity contribution is 6.07. The molecule has 94 valence electrons. The van der Waals surface area contributed by atoms with Crippen molar-refractivity contribution in [3.05, 3.63) is 47.3 Å². The maximum atomic E-state index is 13.5. The van der Waals surface area contributed by atoms with Crippen LogP contribution in [0.4, 0.5) is 8.78 Å². The molecule has 1 heterocycles. The average Bonchev–Trinajstić information content (AvgIpc) is 2.80. The van der Waals surface area contributed by atoms with Gasteiger partial charge in [-0.3, -0.25) is 4.79 Å². The first-order valence-electron chi connectivity index (χ1n) is 5.51. The molecule has 0 radical (unpaired) electrons. The van der Waals surface area contributed by atoms with Crippen LogP contribution in [0, 0.1) is 11.6 Å². The lowest BCUT2D eigenvalue weighted by atomic mass is 10.1. The van der Waals surface area contributed by atoms with E-state index in [0.717, 1.165) is 24.6 Å². The van der Waals surface area contributed by atoms with Crippen LogP contribution in [-0.2, 0) is 6.54 Å². The van der Waals surface area contributed by atoms with Gasteiger partial charge in [-0.15, -0.1) is 5.10 Å². The first-order chi connectivity index (χ1) is 8.63. The van der Waals surface area contributed by atoms with Crippen molar-refractivity contribution in [1.29, 1.82) is 0 Å². The summed E-state index contributed by atoms with van der Waals surface area (Å²) in [7, 11) is 0. The van der Waals surface area contributed by atoms with E-state index in [2.05, 4.69) is 10.3 Å². The van der Waals surface area contributed by atoms with Gasteiger partial charge in [-0.2, -0.15) is 0 Å². The van der Waals surface area contributed by atoms with Gasteiger partial charge in [0.15, 0.2) is 0 Å². The number of nitrogens with zero attached hydrogens (tertiary/aromatic N) is 3. The molecule has 2 aromatic rings. The maximum absolute atomic E-state index is 13.5. The van der Waals surface area contributed by atoms with Gasteiger partial charge in [0.25, 0.3) is 0 Å². The van der Waals surface area contributed by atoms with Gasteiger partial charge in [0.1, 0.15) is 17.3 Å². The number of carbonyl (C=O) groups is 1. The third-order valence-corrected chi connectivity index (χ3v) is 2.46. The number of hydrogen-bond donors (Lipinski definition) is 0. The second-order valence-electron chi connectivity index (χ2n) is 3.80. The number of halogens is 2. The number of hydrogen-bond acceptors (Lipinski definition) is 3. The molecule has 0 atom stereocenters. The molecule has 0 amide bonds. The van der Waals surface area contributed by atoms with Gasteiger partial charge in [0.2, 0.25) is 5.78 Å². The summed E-state index contributed by atoms with van der Waals surface area (Å²) in [5, 5.41) is 7.35. The fourth-order valence-electron chi connectivity index (χ4n) is 1.62. The fraction of sp³-hybridized carbons (Fsp3) is 0.250. The molecule has 18 heavy (non-hydrogen) atoms. The monoisotopic (exact) mass is 251 g/mol. The molecule has 0 aliphatic rings. The van der Waals surface area contributed by atoms with Crippen LogP contribution < -0.4 is 0 Å². The molecular weight excluding hydrogens is 240 g/mol. The average molecular weight is 251 g/mol. The summed E-state index contributed by atoms with van der Waals surface area (Å²) in [6, 6.07) is 2.77. The summed E-state index contributed by atoms with van der Waals surface area (Å²) in [6.45, 7) is 2.41. The van der Waals surface area contributed by atoms with Crippen LogP contribution in [-0.4, -0.2) is 20.8 Å². The van der Waals surface area contributed by atoms with Crippen LogP contribution in [0.2, 0.25) is 0 Å². The minimum absolute atomic E-state index is 0.154. The zero-order valence-corrected chi connectivity index (χ0v) is 9.73. The molecule has 0 saturated heterocycles. The summed E-state index contributed by atoms with van der Waals surface area (Å²) in [6.07, 6.45) is 2.01. The lowest BCUT2D eigenvalue weighted by Crippen LogP contribution is -2.13. The van der Waals surface area contributed by atoms with Crippen molar-refractivity contribution in [3.63, 3.8) is 0 Å². The number of ketones is 1. The van der Waals surface area contributed by atoms with E-state index in [-0.39, 0.29) is 11.3 Å². The van der Waals surface area contributed by atoms with Crippen LogP contribution in [0.3, 0.4) is 0 Å². The maximum Gasteiger partial charge on any atom is 0.215 e. The number of carbonyl (C=O) groups excluding carboxylic acids is 1. The van der Waals surface area contributed by atoms with Gasteiger partial charge in [0, 0.05) is 6.54 Å². The van der Waals surface area contributed by atoms with Gasteiger partial charge in [-0.05, 0) is 24.6 Å². The SMILES string of the molecule is CCCn1nncc1C(=O)c1cc(F)ccc1F. The third kappa shape index (κ3) is 2.27. The number of aromatic nitrogens is 3. The minimum Gasteiger partial charge on any atom is -0.287 e. The highest BCUT2D eigenvalue weighted by Gasteiger charge is 2.19. The second-order valence-corrected chi connectivity index (χ2v) is 3.80. The van der Waals surface area contributed by atoms with E-state index in [4.69, 9.17) is 0 Å². The first kappa shape index (κ1) is 12.3. The van der Waals surface area contributed by atoms with Crippen molar-refractivity contribution in [2.45, 2.75) is 19.9 Å². The Bertz CT molecular complexity index is 580. The molecule has 0 bridgehead atoms. The van der Waals surface area contributed by atoms with Crippen molar-refractivity contribution < 1.29 is 13.6 Å². The molecule has 0 aliphatic carbocycles. The summed E-state index contributed by atoms with van der Waals surface area (Å²) in [5.41, 5.74) is -0.156. The molecule has 0 spiro atoms. The normalized spacial score (nSPS) is 10.6. The highest BCUT2D eigenvalue weighted by atomic mass is 19.1. The third-order valence-electron chi connectivity index (χ3n) is 2.46. The van der Waals surface area contributed by atoms with Gasteiger partial charge < -0.3 is 0 Å². The zero-order chi connectivity index (χ0) is 13.1. The molecule has 0 fully saturated rings. The molecule has 0 N–H and O–H groups in total. The van der Waals surface area contributed by atoms with Gasteiger partial charge in [-0.25, -0.2) is 13.5 Å². The molecule has 4 nitrogen and oxygen atoms in total. The predicted octanol–water partition coefficient (Wildman–Crippen LogP) is 2.20. The number of rotatable bonds is 4. The van der Waals surface area contributed by atoms with Crippen LogP contribution in [0.5, 0.6) is 0 Å². The fourth-order valence-corrected chi connectivity index (χ4v) is 1.62. The topological polar surface area (TPSA) is 47.8 Å². The van der Waals surface area contributed by atoms with Crippen molar-refractivity contribution in [3.8, 4) is 0 Å². The number of benzene rings is 1. The molecule has 2 rings (SSSR count). The summed E-state index contributed by atoms with van der Waals surface area (Å²) >= 11 is 0. The molecule has 0 unspecified atom stereocenters. The molecule has 1 aromatic heterocycles. The van der Waals surface area contributed by atoms with E-state index in [0.29, 0.717) is 6.54 Å². The first-order valence-corrected chi connectivity index (χ1v) is 5.51. The zero-order valence-electron chi connectivity index (χ0n) is 9.73. The van der Waals surface area contributed by atoms with Crippen LogP contribution in [0.25, 0.3) is 0 Å². The van der Waals surface area contributed by atoms with Crippen LogP contribution in [0.1, 0.15) is 29.4 Å². The second kappa shape index (κ2) is 5.03. The Morgan fingerprint density at radius 2 is 2.17 bits per heavy atom. The summed E-state index contributed by atoms with van der Waals surface area (Å²) < 4.78 is 27.9. The summed E-state index contributed by atoms with van der Waals surface area (Å²) in [5.74, 6) is -2.04. The molecule has 0 saturated carbocycles. The Morgan fingerprint density at radius 1 is 1.39 bits per heavy atom. The molecule has 0 aliphatic heterocycles. The predicted molar refractivity (Wildman–Crippen MR) is 60.1 cm³/mol. The lowest BCUT2D eigenvalue weighted by molar-refractivity contribution is 0.102. The highest BCUT2D eigenvalue weighted by Crippen LogP contribution is 2.14. The van der Waals surface area contributed by atoms with E-state index < -0.39 is 17.4 Å². The molecule has 1 aromatic carbocycles. The van der Waals surface area contributed by atoms with E-state index >= 15 is 0 Å². The Labute approximate surface area is 102 Å². The van der Waals surface area contributed by atoms with Gasteiger partial charge >= 0.3 is 0 Å². The van der Waals surface area contributed by atoms with Crippen LogP contribution in [0.15, 0.2) is 24.4 Å². The molecular formula is C12H11F2N3O. The molecule has 6 heteroatoms. The van der Waals surface area contributed by atoms with Crippen molar-refractivity contribution in [1.82, 2.24) is 15.0 Å². The van der Waals surface area contributed by atoms with Crippen molar-refractivity contribution in [2.75, 3.05) is 0 Å². The Morgan fingerprint density at radius 3 is 2.89 bits per heavy atom. The van der Waals surface area contributed by atoms with Crippen molar-refractivity contribution in [2.24, 2.45) is 0 Å². The Hall–Kier alpha value is -2.11. The quantitative estimate of drug-likeness (QED) is 0.782. The number of aryl methyl sites for hydroxylation is 1. The Balaban J connectivity index is 2.41. The van der Waals surface area contributed by atoms with Crippen LogP contribution >= 0.6 is 0 Å². The lowest BCUT2D eigenvalue weighted by Gasteiger charge is -2.04. The summed E-state index contributed by atoms with van der Waals surface area (Å²) in [4.78, 5) is 12.1. The minimum atomic E-state index is -0.759. The van der Waals surface area contributed by atoms with Gasteiger partial charge in [0.05, 0.1) is 11.8 Å². The van der Waals surface area contributed by atoms with E-state index in [1.807, 2.05) is 6.92 Å². The van der Waals surface area contributed by atoms with E-state index in [9.17, 15) is 13.6 Å². The smallest absolute Gasteiger partial charge is 0.215 e. The van der Waals surface area contributed by atoms with E-state index in [1.165, 1.54) is 10.9 Å². The standard InChI is InChI=1S/C12H11F2N3O/c1-2-5-17-11(7-15-16-17)12(18)9-6-8(13)3-4-10(9)14/h3-4,6-7H,2,5H2,1H3. The largest absolute Gasteiger partial charge is 0.287 e.